The van der Waals surface area contributed by atoms with E-state index < -0.39 is 11.8 Å². The Labute approximate surface area is 148 Å². The molecule has 3 rings (SSSR count). The highest BCUT2D eigenvalue weighted by Gasteiger charge is 2.15. The Morgan fingerprint density at radius 3 is 2.84 bits per heavy atom. The third-order valence-electron chi connectivity index (χ3n) is 3.39. The second-order valence-electron chi connectivity index (χ2n) is 5.24. The fraction of sp³-hybridized carbons (Fsp3) is 0.176. The maximum absolute atomic E-state index is 11.8. The van der Waals surface area contributed by atoms with Crippen LogP contribution in [0.4, 0.5) is 0 Å². The second kappa shape index (κ2) is 7.76. The van der Waals surface area contributed by atoms with E-state index in [9.17, 15) is 9.59 Å². The molecule has 0 saturated carbocycles. The lowest BCUT2D eigenvalue weighted by Crippen LogP contribution is -2.40. The van der Waals surface area contributed by atoms with Crippen LogP contribution in [0.1, 0.15) is 22.5 Å². The SMILES string of the molecule is O=C(/C=C/c1cc(Cl)c2c(c1)OCCCO2)NNC(=O)c1ccc[nH]1. The topological polar surface area (TPSA) is 92.4 Å². The first-order valence-corrected chi connectivity index (χ1v) is 8.02. The average Bonchev–Trinajstić information content (AvgIpc) is 3.04. The smallest absolute Gasteiger partial charge is 0.286 e. The maximum atomic E-state index is 11.8. The number of aromatic amines is 1. The van der Waals surface area contributed by atoms with Gasteiger partial charge < -0.3 is 14.5 Å². The zero-order valence-electron chi connectivity index (χ0n) is 13.2. The number of hydrogen-bond donors (Lipinski definition) is 3. The van der Waals surface area contributed by atoms with Crippen molar-refractivity contribution in [2.45, 2.75) is 6.42 Å². The highest BCUT2D eigenvalue weighted by atomic mass is 35.5. The number of carbonyl (C=O) groups is 2. The normalized spacial score (nSPS) is 13.3. The summed E-state index contributed by atoms with van der Waals surface area (Å²) < 4.78 is 11.1. The zero-order valence-corrected chi connectivity index (χ0v) is 13.9. The van der Waals surface area contributed by atoms with Crippen LogP contribution in [0, 0.1) is 0 Å². The van der Waals surface area contributed by atoms with Crippen molar-refractivity contribution in [2.24, 2.45) is 0 Å². The number of carbonyl (C=O) groups excluding carboxylic acids is 2. The van der Waals surface area contributed by atoms with Crippen molar-refractivity contribution < 1.29 is 19.1 Å². The summed E-state index contributed by atoms with van der Waals surface area (Å²) in [6.07, 6.45) is 5.24. The van der Waals surface area contributed by atoms with Crippen molar-refractivity contribution in [1.82, 2.24) is 15.8 Å². The van der Waals surface area contributed by atoms with Crippen LogP contribution in [0.5, 0.6) is 11.5 Å². The number of hydrogen-bond acceptors (Lipinski definition) is 4. The number of nitrogens with one attached hydrogen (secondary N) is 3. The van der Waals surface area contributed by atoms with E-state index in [1.54, 1.807) is 36.5 Å². The minimum Gasteiger partial charge on any atom is -0.489 e. The van der Waals surface area contributed by atoms with Crippen LogP contribution in [0.3, 0.4) is 0 Å². The molecule has 0 bridgehead atoms. The fourth-order valence-corrected chi connectivity index (χ4v) is 2.49. The van der Waals surface area contributed by atoms with Gasteiger partial charge in [0.2, 0.25) is 0 Å². The minimum absolute atomic E-state index is 0.346. The predicted octanol–water partition coefficient (Wildman–Crippen LogP) is 2.30. The zero-order chi connectivity index (χ0) is 17.6. The summed E-state index contributed by atoms with van der Waals surface area (Å²) in [6.45, 7) is 1.09. The maximum Gasteiger partial charge on any atom is 0.286 e. The van der Waals surface area contributed by atoms with Gasteiger partial charge in [0.25, 0.3) is 11.8 Å². The van der Waals surface area contributed by atoms with Gasteiger partial charge in [-0.15, -0.1) is 0 Å². The first-order valence-electron chi connectivity index (χ1n) is 7.64. The van der Waals surface area contributed by atoms with Gasteiger partial charge in [0.1, 0.15) is 5.69 Å². The van der Waals surface area contributed by atoms with Gasteiger partial charge in [0, 0.05) is 18.7 Å². The number of rotatable bonds is 3. The molecular weight excluding hydrogens is 346 g/mol. The van der Waals surface area contributed by atoms with Gasteiger partial charge in [0.15, 0.2) is 11.5 Å². The van der Waals surface area contributed by atoms with Gasteiger partial charge in [-0.05, 0) is 35.9 Å². The van der Waals surface area contributed by atoms with Crippen molar-refractivity contribution in [3.8, 4) is 11.5 Å². The molecule has 0 spiro atoms. The predicted molar refractivity (Wildman–Crippen MR) is 92.5 cm³/mol. The molecule has 0 radical (unpaired) electrons. The molecule has 1 aromatic heterocycles. The molecule has 130 valence electrons. The third kappa shape index (κ3) is 4.33. The van der Waals surface area contributed by atoms with Crippen LogP contribution in [0.25, 0.3) is 6.08 Å². The van der Waals surface area contributed by atoms with E-state index in [-0.39, 0.29) is 0 Å². The monoisotopic (exact) mass is 361 g/mol. The third-order valence-corrected chi connectivity index (χ3v) is 3.67. The number of ether oxygens (including phenoxy) is 2. The van der Waals surface area contributed by atoms with Crippen molar-refractivity contribution >= 4 is 29.5 Å². The molecule has 0 aliphatic carbocycles. The molecule has 25 heavy (non-hydrogen) atoms. The van der Waals surface area contributed by atoms with Crippen LogP contribution in [-0.2, 0) is 4.79 Å². The van der Waals surface area contributed by atoms with E-state index in [0.29, 0.717) is 41.0 Å². The highest BCUT2D eigenvalue weighted by Crippen LogP contribution is 2.38. The lowest BCUT2D eigenvalue weighted by atomic mass is 10.2. The molecular formula is C17H16ClN3O4. The molecule has 7 nitrogen and oxygen atoms in total. The Hall–Kier alpha value is -2.93. The van der Waals surface area contributed by atoms with E-state index in [4.69, 9.17) is 21.1 Å². The standard InChI is InChI=1S/C17H16ClN3O4/c18-12-9-11(10-14-16(12)25-8-2-7-24-14)4-5-15(22)20-21-17(23)13-3-1-6-19-13/h1,3-6,9-10,19H,2,7-8H2,(H,20,22)(H,21,23)/b5-4+. The van der Waals surface area contributed by atoms with Gasteiger partial charge in [-0.1, -0.05) is 11.6 Å². The van der Waals surface area contributed by atoms with Gasteiger partial charge in [0.05, 0.1) is 18.2 Å². The summed E-state index contributed by atoms with van der Waals surface area (Å²) in [5, 5.41) is 0.416. The molecule has 0 fully saturated rings. The van der Waals surface area contributed by atoms with E-state index in [1.807, 2.05) is 0 Å². The quantitative estimate of drug-likeness (QED) is 0.577. The largest absolute Gasteiger partial charge is 0.489 e. The van der Waals surface area contributed by atoms with Crippen LogP contribution >= 0.6 is 11.6 Å². The van der Waals surface area contributed by atoms with Crippen LogP contribution in [0.2, 0.25) is 5.02 Å². The molecule has 2 heterocycles. The molecule has 1 aliphatic rings. The average molecular weight is 362 g/mol. The number of benzene rings is 1. The highest BCUT2D eigenvalue weighted by molar-refractivity contribution is 6.32. The van der Waals surface area contributed by atoms with Crippen molar-refractivity contribution in [3.05, 3.63) is 52.8 Å². The summed E-state index contributed by atoms with van der Waals surface area (Å²) in [6, 6.07) is 6.70. The Morgan fingerprint density at radius 1 is 1.20 bits per heavy atom. The minimum atomic E-state index is -0.483. The molecule has 2 aromatic rings. The molecule has 0 saturated heterocycles. The number of amides is 2. The first-order chi connectivity index (χ1) is 12.1. The lowest BCUT2D eigenvalue weighted by molar-refractivity contribution is -0.117. The van der Waals surface area contributed by atoms with E-state index >= 15 is 0 Å². The Morgan fingerprint density at radius 2 is 2.04 bits per heavy atom. The number of halogens is 1. The van der Waals surface area contributed by atoms with Gasteiger partial charge in [-0.2, -0.15) is 0 Å². The first kappa shape index (κ1) is 16.9. The molecule has 0 unspecified atom stereocenters. The van der Waals surface area contributed by atoms with Crippen LogP contribution < -0.4 is 20.3 Å². The summed E-state index contributed by atoms with van der Waals surface area (Å²) >= 11 is 6.20. The molecule has 8 heteroatoms. The summed E-state index contributed by atoms with van der Waals surface area (Å²) in [7, 11) is 0. The number of H-pyrrole nitrogens is 1. The summed E-state index contributed by atoms with van der Waals surface area (Å²) in [5.41, 5.74) is 5.62. The van der Waals surface area contributed by atoms with Crippen molar-refractivity contribution in [2.75, 3.05) is 13.2 Å². The second-order valence-corrected chi connectivity index (χ2v) is 5.65. The molecule has 2 amide bonds. The van der Waals surface area contributed by atoms with E-state index in [1.165, 1.54) is 6.08 Å². The van der Waals surface area contributed by atoms with Crippen LogP contribution in [0.15, 0.2) is 36.5 Å². The molecule has 1 aliphatic heterocycles. The van der Waals surface area contributed by atoms with Crippen molar-refractivity contribution in [3.63, 3.8) is 0 Å². The molecule has 1 aromatic carbocycles. The van der Waals surface area contributed by atoms with Crippen molar-refractivity contribution in [1.29, 1.82) is 0 Å². The number of fused-ring (bicyclic) bond motifs is 1. The number of hydrazine groups is 1. The van der Waals surface area contributed by atoms with Gasteiger partial charge in [-0.3, -0.25) is 20.4 Å². The van der Waals surface area contributed by atoms with Crippen LogP contribution in [-0.4, -0.2) is 30.0 Å². The summed E-state index contributed by atoms with van der Waals surface area (Å²) in [5.74, 6) is 0.137. The Balaban J connectivity index is 1.61. The molecule has 3 N–H and O–H groups in total. The fourth-order valence-electron chi connectivity index (χ4n) is 2.22. The Kier molecular flexibility index (Phi) is 5.25. The number of aromatic nitrogens is 1. The van der Waals surface area contributed by atoms with E-state index in [2.05, 4.69) is 15.8 Å². The van der Waals surface area contributed by atoms with Gasteiger partial charge >= 0.3 is 0 Å². The summed E-state index contributed by atoms with van der Waals surface area (Å²) in [4.78, 5) is 26.2. The molecule has 0 atom stereocenters. The lowest BCUT2D eigenvalue weighted by Gasteiger charge is -2.10. The van der Waals surface area contributed by atoms with E-state index in [0.717, 1.165) is 6.42 Å². The Bertz CT molecular complexity index is 802. The van der Waals surface area contributed by atoms with Gasteiger partial charge in [-0.25, -0.2) is 0 Å².